The van der Waals surface area contributed by atoms with Gasteiger partial charge in [-0.2, -0.15) is 0 Å². The zero-order chi connectivity index (χ0) is 13.6. The number of amides is 2. The van der Waals surface area contributed by atoms with Crippen LogP contribution < -0.4 is 4.90 Å². The lowest BCUT2D eigenvalue weighted by molar-refractivity contribution is 0.0926. The summed E-state index contributed by atoms with van der Waals surface area (Å²) < 4.78 is 0. The van der Waals surface area contributed by atoms with Crippen LogP contribution in [-0.4, -0.2) is 11.8 Å². The van der Waals surface area contributed by atoms with E-state index in [4.69, 9.17) is 11.6 Å². The molecule has 0 bridgehead atoms. The third kappa shape index (κ3) is 1.74. The van der Waals surface area contributed by atoms with Crippen LogP contribution in [0.25, 0.3) is 0 Å². The van der Waals surface area contributed by atoms with Crippen molar-refractivity contribution in [3.63, 3.8) is 0 Å². The molecule has 0 unspecified atom stereocenters. The second-order valence-electron chi connectivity index (χ2n) is 4.42. The molecule has 4 heteroatoms. The van der Waals surface area contributed by atoms with E-state index in [0.29, 0.717) is 21.8 Å². The first kappa shape index (κ1) is 11.9. The molecule has 1 aliphatic rings. The molecule has 0 saturated carbocycles. The Morgan fingerprint density at radius 2 is 1.53 bits per heavy atom. The number of carbonyl (C=O) groups is 2. The van der Waals surface area contributed by atoms with Crippen LogP contribution in [0.2, 0.25) is 5.02 Å². The van der Waals surface area contributed by atoms with Crippen molar-refractivity contribution in [2.45, 2.75) is 6.92 Å². The number of aryl methyl sites for hydroxylation is 1. The molecule has 0 radical (unpaired) electrons. The second-order valence-corrected chi connectivity index (χ2v) is 4.86. The Hall–Kier alpha value is -2.13. The maximum Gasteiger partial charge on any atom is 0.266 e. The zero-order valence-corrected chi connectivity index (χ0v) is 10.9. The first-order valence-electron chi connectivity index (χ1n) is 5.83. The Labute approximate surface area is 115 Å². The topological polar surface area (TPSA) is 37.4 Å². The summed E-state index contributed by atoms with van der Waals surface area (Å²) in [7, 11) is 0. The van der Waals surface area contributed by atoms with E-state index in [1.807, 2.05) is 6.92 Å². The average molecular weight is 272 g/mol. The number of fused-ring (bicyclic) bond motifs is 1. The number of halogens is 1. The molecule has 2 aromatic rings. The molecule has 0 N–H and O–H groups in total. The minimum absolute atomic E-state index is 0.286. The van der Waals surface area contributed by atoms with Crippen molar-refractivity contribution in [2.75, 3.05) is 4.90 Å². The first-order chi connectivity index (χ1) is 9.09. The summed E-state index contributed by atoms with van der Waals surface area (Å²) >= 11 is 5.90. The van der Waals surface area contributed by atoms with Gasteiger partial charge in [0, 0.05) is 5.02 Å². The van der Waals surface area contributed by atoms with Gasteiger partial charge in [0.05, 0.1) is 16.8 Å². The van der Waals surface area contributed by atoms with Gasteiger partial charge in [-0.25, -0.2) is 4.90 Å². The predicted octanol–water partition coefficient (Wildman–Crippen LogP) is 3.45. The molecule has 1 aliphatic heterocycles. The summed E-state index contributed by atoms with van der Waals surface area (Å²) in [6, 6.07) is 11.9. The third-order valence-electron chi connectivity index (χ3n) is 3.19. The summed E-state index contributed by atoms with van der Waals surface area (Å²) in [5, 5.41) is 0.581. The van der Waals surface area contributed by atoms with Crippen LogP contribution in [0.5, 0.6) is 0 Å². The van der Waals surface area contributed by atoms with Crippen LogP contribution in [0.4, 0.5) is 5.69 Å². The van der Waals surface area contributed by atoms with Crippen molar-refractivity contribution in [1.82, 2.24) is 0 Å². The molecule has 3 rings (SSSR count). The molecule has 0 aliphatic carbocycles. The van der Waals surface area contributed by atoms with Crippen LogP contribution in [0.15, 0.2) is 42.5 Å². The minimum atomic E-state index is -0.286. The van der Waals surface area contributed by atoms with E-state index in [-0.39, 0.29) is 11.8 Å². The molecule has 0 saturated heterocycles. The molecule has 0 atom stereocenters. The van der Waals surface area contributed by atoms with E-state index in [9.17, 15) is 9.59 Å². The van der Waals surface area contributed by atoms with Crippen molar-refractivity contribution in [1.29, 1.82) is 0 Å². The molecule has 0 spiro atoms. The van der Waals surface area contributed by atoms with Crippen molar-refractivity contribution in [2.24, 2.45) is 0 Å². The standard InChI is InChI=1S/C15H10ClNO2/c1-9-8-10(16)6-7-13(9)17-14(18)11-4-2-3-5-12(11)15(17)19/h2-8H,1H3. The molecule has 94 valence electrons. The van der Waals surface area contributed by atoms with E-state index in [1.165, 1.54) is 4.90 Å². The minimum Gasteiger partial charge on any atom is -0.268 e. The van der Waals surface area contributed by atoms with Crippen molar-refractivity contribution in [3.05, 3.63) is 64.2 Å². The van der Waals surface area contributed by atoms with E-state index < -0.39 is 0 Å². The molecule has 0 aromatic heterocycles. The van der Waals surface area contributed by atoms with Crippen LogP contribution in [-0.2, 0) is 0 Å². The van der Waals surface area contributed by atoms with Gasteiger partial charge in [-0.05, 0) is 42.8 Å². The van der Waals surface area contributed by atoms with E-state index in [2.05, 4.69) is 0 Å². The quantitative estimate of drug-likeness (QED) is 0.745. The lowest BCUT2D eigenvalue weighted by Crippen LogP contribution is -2.29. The molecule has 0 fully saturated rings. The van der Waals surface area contributed by atoms with Gasteiger partial charge in [0.25, 0.3) is 11.8 Å². The smallest absolute Gasteiger partial charge is 0.266 e. The normalized spacial score (nSPS) is 13.9. The van der Waals surface area contributed by atoms with E-state index in [0.717, 1.165) is 5.56 Å². The lowest BCUT2D eigenvalue weighted by atomic mass is 10.1. The highest BCUT2D eigenvalue weighted by Crippen LogP contribution is 2.31. The van der Waals surface area contributed by atoms with Crippen LogP contribution >= 0.6 is 11.6 Å². The monoisotopic (exact) mass is 271 g/mol. The molecular formula is C15H10ClNO2. The highest BCUT2D eigenvalue weighted by molar-refractivity contribution is 6.35. The van der Waals surface area contributed by atoms with Crippen LogP contribution in [0.3, 0.4) is 0 Å². The molecule has 1 heterocycles. The number of hydrogen-bond acceptors (Lipinski definition) is 2. The van der Waals surface area contributed by atoms with E-state index >= 15 is 0 Å². The Balaban J connectivity index is 2.14. The first-order valence-corrected chi connectivity index (χ1v) is 6.21. The summed E-state index contributed by atoms with van der Waals surface area (Å²) in [4.78, 5) is 25.8. The summed E-state index contributed by atoms with van der Waals surface area (Å²) in [6.45, 7) is 1.82. The van der Waals surface area contributed by atoms with Gasteiger partial charge in [-0.1, -0.05) is 23.7 Å². The fourth-order valence-corrected chi connectivity index (χ4v) is 2.50. The summed E-state index contributed by atoms with van der Waals surface area (Å²) in [5.74, 6) is -0.572. The maximum atomic E-state index is 12.3. The number of carbonyl (C=O) groups excluding carboxylic acids is 2. The highest BCUT2D eigenvalue weighted by Gasteiger charge is 2.36. The number of anilines is 1. The molecular weight excluding hydrogens is 262 g/mol. The highest BCUT2D eigenvalue weighted by atomic mass is 35.5. The maximum absolute atomic E-state index is 12.3. The number of benzene rings is 2. The summed E-state index contributed by atoms with van der Waals surface area (Å²) in [5.41, 5.74) is 2.27. The van der Waals surface area contributed by atoms with Gasteiger partial charge in [-0.15, -0.1) is 0 Å². The second kappa shape index (κ2) is 4.21. The van der Waals surface area contributed by atoms with Crippen LogP contribution in [0, 0.1) is 6.92 Å². The van der Waals surface area contributed by atoms with Crippen molar-refractivity contribution >= 4 is 29.1 Å². The Morgan fingerprint density at radius 1 is 0.947 bits per heavy atom. The number of nitrogens with zero attached hydrogens (tertiary/aromatic N) is 1. The van der Waals surface area contributed by atoms with Crippen molar-refractivity contribution < 1.29 is 9.59 Å². The Bertz CT molecular complexity index is 674. The van der Waals surface area contributed by atoms with Gasteiger partial charge < -0.3 is 0 Å². The Morgan fingerprint density at radius 3 is 2.05 bits per heavy atom. The van der Waals surface area contributed by atoms with Crippen LogP contribution in [0.1, 0.15) is 26.3 Å². The summed E-state index contributed by atoms with van der Waals surface area (Å²) in [6.07, 6.45) is 0. The average Bonchev–Trinajstić information content (AvgIpc) is 2.64. The van der Waals surface area contributed by atoms with Crippen molar-refractivity contribution in [3.8, 4) is 0 Å². The predicted molar refractivity (Wildman–Crippen MR) is 73.8 cm³/mol. The van der Waals surface area contributed by atoms with Gasteiger partial charge in [0.1, 0.15) is 0 Å². The fraction of sp³-hybridized carbons (Fsp3) is 0.0667. The number of imide groups is 1. The van der Waals surface area contributed by atoms with Gasteiger partial charge in [-0.3, -0.25) is 9.59 Å². The number of hydrogen-bond donors (Lipinski definition) is 0. The fourth-order valence-electron chi connectivity index (χ4n) is 2.28. The largest absolute Gasteiger partial charge is 0.268 e. The number of rotatable bonds is 1. The molecule has 19 heavy (non-hydrogen) atoms. The van der Waals surface area contributed by atoms with Gasteiger partial charge in [0.2, 0.25) is 0 Å². The zero-order valence-electron chi connectivity index (χ0n) is 10.2. The van der Waals surface area contributed by atoms with Gasteiger partial charge in [0.15, 0.2) is 0 Å². The van der Waals surface area contributed by atoms with E-state index in [1.54, 1.807) is 42.5 Å². The Kier molecular flexibility index (Phi) is 2.64. The third-order valence-corrected chi connectivity index (χ3v) is 3.43. The molecule has 2 amide bonds. The van der Waals surface area contributed by atoms with Gasteiger partial charge >= 0.3 is 0 Å². The lowest BCUT2D eigenvalue weighted by Gasteiger charge is -2.16. The molecule has 2 aromatic carbocycles. The molecule has 3 nitrogen and oxygen atoms in total. The SMILES string of the molecule is Cc1cc(Cl)ccc1N1C(=O)c2ccccc2C1=O.